The maximum atomic E-state index is 11.2. The number of benzene rings is 1. The standard InChI is InChI=1S/C14H22N2O3S/c15-20(17,18)14-5-3-12(4-6-14)7-9-16-13-2-1-10-19-11-8-13/h3-6,13,16H,1-2,7-11H2,(H2,15,17,18). The number of nitrogens with two attached hydrogens (primary N) is 1. The van der Waals surface area contributed by atoms with Crippen LogP contribution in [0, 0.1) is 0 Å². The highest BCUT2D eigenvalue weighted by atomic mass is 32.2. The summed E-state index contributed by atoms with van der Waals surface area (Å²) >= 11 is 0. The second kappa shape index (κ2) is 7.17. The first-order valence-electron chi connectivity index (χ1n) is 6.98. The van der Waals surface area contributed by atoms with Crippen LogP contribution in [0.2, 0.25) is 0 Å². The third-order valence-electron chi connectivity index (χ3n) is 3.55. The summed E-state index contributed by atoms with van der Waals surface area (Å²) in [6.07, 6.45) is 4.21. The number of ether oxygens (including phenoxy) is 1. The molecule has 0 radical (unpaired) electrons. The highest BCUT2D eigenvalue weighted by Crippen LogP contribution is 2.10. The van der Waals surface area contributed by atoms with Crippen molar-refractivity contribution in [3.8, 4) is 0 Å². The molecular formula is C14H22N2O3S. The van der Waals surface area contributed by atoms with Gasteiger partial charge >= 0.3 is 0 Å². The van der Waals surface area contributed by atoms with Crippen LogP contribution in [0.5, 0.6) is 0 Å². The smallest absolute Gasteiger partial charge is 0.238 e. The van der Waals surface area contributed by atoms with E-state index in [2.05, 4.69) is 5.32 Å². The molecule has 20 heavy (non-hydrogen) atoms. The van der Waals surface area contributed by atoms with E-state index in [-0.39, 0.29) is 4.90 Å². The van der Waals surface area contributed by atoms with Gasteiger partial charge in [0.25, 0.3) is 0 Å². The molecule has 1 heterocycles. The molecule has 0 aliphatic carbocycles. The largest absolute Gasteiger partial charge is 0.381 e. The molecule has 1 aliphatic rings. The van der Waals surface area contributed by atoms with Crippen molar-refractivity contribution in [3.05, 3.63) is 29.8 Å². The summed E-state index contributed by atoms with van der Waals surface area (Å²) in [6, 6.07) is 7.28. The minimum absolute atomic E-state index is 0.162. The molecule has 1 saturated heterocycles. The number of primary sulfonamides is 1. The number of sulfonamides is 1. The summed E-state index contributed by atoms with van der Waals surface area (Å²) < 4.78 is 27.7. The monoisotopic (exact) mass is 298 g/mol. The van der Waals surface area contributed by atoms with Gasteiger partial charge in [-0.2, -0.15) is 0 Å². The fourth-order valence-corrected chi connectivity index (χ4v) is 2.89. The first kappa shape index (κ1) is 15.4. The zero-order chi connectivity index (χ0) is 14.4. The molecule has 2 rings (SSSR count). The van der Waals surface area contributed by atoms with Crippen molar-refractivity contribution in [2.75, 3.05) is 19.8 Å². The van der Waals surface area contributed by atoms with Crippen molar-refractivity contribution in [1.29, 1.82) is 0 Å². The van der Waals surface area contributed by atoms with Gasteiger partial charge in [0.05, 0.1) is 4.90 Å². The van der Waals surface area contributed by atoms with Crippen LogP contribution in [-0.2, 0) is 21.2 Å². The van der Waals surface area contributed by atoms with Crippen LogP contribution in [0.3, 0.4) is 0 Å². The first-order chi connectivity index (χ1) is 9.55. The van der Waals surface area contributed by atoms with Gasteiger partial charge in [0.2, 0.25) is 10.0 Å². The fraction of sp³-hybridized carbons (Fsp3) is 0.571. The number of hydrogen-bond donors (Lipinski definition) is 2. The lowest BCUT2D eigenvalue weighted by molar-refractivity contribution is 0.142. The highest BCUT2D eigenvalue weighted by Gasteiger charge is 2.11. The van der Waals surface area contributed by atoms with Gasteiger partial charge in [0.15, 0.2) is 0 Å². The van der Waals surface area contributed by atoms with E-state index >= 15 is 0 Å². The van der Waals surface area contributed by atoms with Crippen LogP contribution in [0.25, 0.3) is 0 Å². The minimum Gasteiger partial charge on any atom is -0.381 e. The second-order valence-electron chi connectivity index (χ2n) is 5.13. The molecule has 1 aliphatic heterocycles. The van der Waals surface area contributed by atoms with Crippen molar-refractivity contribution >= 4 is 10.0 Å². The maximum Gasteiger partial charge on any atom is 0.238 e. The van der Waals surface area contributed by atoms with Crippen LogP contribution in [-0.4, -0.2) is 34.2 Å². The summed E-state index contributed by atoms with van der Waals surface area (Å²) in [7, 11) is -3.59. The topological polar surface area (TPSA) is 81.4 Å². The molecule has 112 valence electrons. The molecule has 1 aromatic carbocycles. The van der Waals surface area contributed by atoms with Crippen LogP contribution in [0.4, 0.5) is 0 Å². The van der Waals surface area contributed by atoms with E-state index in [1.807, 2.05) is 12.1 Å². The van der Waals surface area contributed by atoms with E-state index in [0.717, 1.165) is 51.0 Å². The Kier molecular flexibility index (Phi) is 5.54. The molecule has 0 saturated carbocycles. The van der Waals surface area contributed by atoms with E-state index in [9.17, 15) is 8.42 Å². The summed E-state index contributed by atoms with van der Waals surface area (Å²) in [5, 5.41) is 8.60. The Morgan fingerprint density at radius 2 is 1.95 bits per heavy atom. The summed E-state index contributed by atoms with van der Waals surface area (Å²) in [4.78, 5) is 0.162. The minimum atomic E-state index is -3.59. The summed E-state index contributed by atoms with van der Waals surface area (Å²) in [5.41, 5.74) is 1.11. The van der Waals surface area contributed by atoms with Gasteiger partial charge in [0.1, 0.15) is 0 Å². The fourth-order valence-electron chi connectivity index (χ4n) is 2.37. The molecule has 0 aromatic heterocycles. The van der Waals surface area contributed by atoms with E-state index in [1.54, 1.807) is 12.1 Å². The molecule has 0 amide bonds. The third kappa shape index (κ3) is 4.86. The number of nitrogens with one attached hydrogen (secondary N) is 1. The zero-order valence-corrected chi connectivity index (χ0v) is 12.4. The molecule has 0 spiro atoms. The predicted octanol–water partition coefficient (Wildman–Crippen LogP) is 1.04. The molecule has 3 N–H and O–H groups in total. The van der Waals surface area contributed by atoms with Gasteiger partial charge in [0, 0.05) is 19.3 Å². The Bertz CT molecular complexity index is 506. The van der Waals surface area contributed by atoms with Crippen LogP contribution >= 0.6 is 0 Å². The quantitative estimate of drug-likeness (QED) is 0.851. The van der Waals surface area contributed by atoms with Crippen molar-refractivity contribution in [2.24, 2.45) is 5.14 Å². The predicted molar refractivity (Wildman–Crippen MR) is 78.0 cm³/mol. The number of hydrogen-bond acceptors (Lipinski definition) is 4. The lowest BCUT2D eigenvalue weighted by atomic mass is 10.1. The normalized spacial score (nSPS) is 20.6. The van der Waals surface area contributed by atoms with Crippen molar-refractivity contribution < 1.29 is 13.2 Å². The van der Waals surface area contributed by atoms with E-state index < -0.39 is 10.0 Å². The Balaban J connectivity index is 1.79. The third-order valence-corrected chi connectivity index (χ3v) is 4.48. The molecule has 0 bridgehead atoms. The Morgan fingerprint density at radius 1 is 1.20 bits per heavy atom. The Morgan fingerprint density at radius 3 is 2.65 bits per heavy atom. The maximum absolute atomic E-state index is 11.2. The van der Waals surface area contributed by atoms with Gasteiger partial charge in [-0.15, -0.1) is 0 Å². The molecule has 1 aromatic rings. The molecule has 6 heteroatoms. The van der Waals surface area contributed by atoms with E-state index in [0.29, 0.717) is 6.04 Å². The van der Waals surface area contributed by atoms with Gasteiger partial charge in [-0.1, -0.05) is 12.1 Å². The van der Waals surface area contributed by atoms with Crippen LogP contribution in [0.15, 0.2) is 29.2 Å². The highest BCUT2D eigenvalue weighted by molar-refractivity contribution is 7.89. The lowest BCUT2D eigenvalue weighted by Gasteiger charge is -2.15. The van der Waals surface area contributed by atoms with Gasteiger partial charge in [-0.3, -0.25) is 0 Å². The van der Waals surface area contributed by atoms with Crippen molar-refractivity contribution in [2.45, 2.75) is 36.6 Å². The van der Waals surface area contributed by atoms with Gasteiger partial charge < -0.3 is 10.1 Å². The second-order valence-corrected chi connectivity index (χ2v) is 6.69. The number of rotatable bonds is 5. The molecule has 1 unspecified atom stereocenters. The SMILES string of the molecule is NS(=O)(=O)c1ccc(CCNC2CCCOCC2)cc1. The molecule has 1 fully saturated rings. The average molecular weight is 298 g/mol. The van der Waals surface area contributed by atoms with Crippen molar-refractivity contribution in [1.82, 2.24) is 5.32 Å². The summed E-state index contributed by atoms with van der Waals surface area (Å²) in [6.45, 7) is 2.59. The first-order valence-corrected chi connectivity index (χ1v) is 8.53. The average Bonchev–Trinajstić information content (AvgIpc) is 2.67. The zero-order valence-electron chi connectivity index (χ0n) is 11.5. The molecule has 1 atom stereocenters. The Hall–Kier alpha value is -0.950. The van der Waals surface area contributed by atoms with Crippen molar-refractivity contribution in [3.63, 3.8) is 0 Å². The summed E-state index contributed by atoms with van der Waals surface area (Å²) in [5.74, 6) is 0. The van der Waals surface area contributed by atoms with Gasteiger partial charge in [-0.25, -0.2) is 13.6 Å². The van der Waals surface area contributed by atoms with Crippen LogP contribution < -0.4 is 10.5 Å². The lowest BCUT2D eigenvalue weighted by Crippen LogP contribution is -2.31. The van der Waals surface area contributed by atoms with Gasteiger partial charge in [-0.05, 0) is 49.9 Å². The molecule has 5 nitrogen and oxygen atoms in total. The Labute approximate surface area is 120 Å². The van der Waals surface area contributed by atoms with E-state index in [4.69, 9.17) is 9.88 Å². The van der Waals surface area contributed by atoms with E-state index in [1.165, 1.54) is 0 Å². The molecular weight excluding hydrogens is 276 g/mol. The van der Waals surface area contributed by atoms with Crippen LogP contribution in [0.1, 0.15) is 24.8 Å².